The van der Waals surface area contributed by atoms with Crippen LogP contribution in [-0.4, -0.2) is 107 Å². The van der Waals surface area contributed by atoms with E-state index in [0.29, 0.717) is 25.3 Å². The fourth-order valence-electron chi connectivity index (χ4n) is 7.73. The molecule has 4 amide bonds. The van der Waals surface area contributed by atoms with E-state index in [1.807, 2.05) is 4.72 Å². The average molecular weight is 839 g/mol. The van der Waals surface area contributed by atoms with Crippen molar-refractivity contribution in [1.29, 1.82) is 0 Å². The van der Waals surface area contributed by atoms with Gasteiger partial charge in [-0.25, -0.2) is 32.0 Å². The topological polar surface area (TPSA) is 195 Å². The van der Waals surface area contributed by atoms with Crippen LogP contribution in [0.2, 0.25) is 0 Å². The summed E-state index contributed by atoms with van der Waals surface area (Å²) in [6, 6.07) is 3.27. The van der Waals surface area contributed by atoms with Crippen LogP contribution in [-0.2, 0) is 39.8 Å². The van der Waals surface area contributed by atoms with Crippen molar-refractivity contribution in [2.24, 2.45) is 11.3 Å². The van der Waals surface area contributed by atoms with Gasteiger partial charge in [0.15, 0.2) is 5.69 Å². The first-order valence-electron chi connectivity index (χ1n) is 19.2. The first-order valence-corrected chi connectivity index (χ1v) is 20.7. The monoisotopic (exact) mass is 838 g/mol. The Morgan fingerprint density at radius 3 is 2.34 bits per heavy atom. The quantitative estimate of drug-likeness (QED) is 0.283. The number of nitrogens with zero attached hydrogens (tertiary/aromatic N) is 3. The molecule has 7 rings (SSSR count). The number of para-hydroxylation sites is 2. The largest absolute Gasteiger partial charge is 0.471 e. The highest BCUT2D eigenvalue weighted by molar-refractivity contribution is 7.91. The fraction of sp³-hybridized carbons (Fsp3) is 0.632. The molecular weight excluding hydrogens is 793 g/mol. The van der Waals surface area contributed by atoms with Gasteiger partial charge in [-0.05, 0) is 69.1 Å². The number of benzene rings is 1. The highest BCUT2D eigenvalue weighted by Gasteiger charge is 2.67. The van der Waals surface area contributed by atoms with Gasteiger partial charge < -0.3 is 29.7 Å². The van der Waals surface area contributed by atoms with Crippen LogP contribution in [0.3, 0.4) is 0 Å². The number of fused-ring (bicyclic) bond motifs is 5. The molecule has 0 spiro atoms. The molecule has 58 heavy (non-hydrogen) atoms. The number of rotatable bonds is 6. The molecule has 1 aromatic carbocycles. The van der Waals surface area contributed by atoms with Crippen molar-refractivity contribution in [3.8, 4) is 5.88 Å². The van der Waals surface area contributed by atoms with Crippen LogP contribution < -0.4 is 20.1 Å². The Labute approximate surface area is 332 Å². The first-order chi connectivity index (χ1) is 27.1. The number of allylic oxidation sites excluding steroid dienone is 1. The molecule has 2 aliphatic heterocycles. The first kappa shape index (κ1) is 41.6. The average Bonchev–Trinajstić information content (AvgIpc) is 3.97. The van der Waals surface area contributed by atoms with Crippen LogP contribution in [0.15, 0.2) is 36.4 Å². The lowest BCUT2D eigenvalue weighted by Crippen LogP contribution is -2.60. The van der Waals surface area contributed by atoms with Crippen molar-refractivity contribution >= 4 is 44.9 Å². The predicted octanol–water partition coefficient (Wildman–Crippen LogP) is 3.86. The van der Waals surface area contributed by atoms with Crippen molar-refractivity contribution in [2.75, 3.05) is 13.2 Å². The van der Waals surface area contributed by atoms with Crippen LogP contribution in [0.5, 0.6) is 5.88 Å². The number of sulfonamides is 1. The third-order valence-corrected chi connectivity index (χ3v) is 13.8. The molecule has 3 saturated carbocycles. The Morgan fingerprint density at radius 2 is 1.71 bits per heavy atom. The maximum absolute atomic E-state index is 16.1. The Balaban J connectivity index is 1.26. The molecule has 20 heteroatoms. The minimum Gasteiger partial charge on any atom is -0.471 e. The number of carbonyl (C=O) groups is 4. The molecule has 2 aromatic rings. The summed E-state index contributed by atoms with van der Waals surface area (Å²) in [4.78, 5) is 65.3. The van der Waals surface area contributed by atoms with Crippen molar-refractivity contribution in [1.82, 2.24) is 30.2 Å². The number of hydrogen-bond donors (Lipinski definition) is 3. The molecule has 1 aromatic heterocycles. The van der Waals surface area contributed by atoms with Gasteiger partial charge in [0.2, 0.25) is 34.1 Å². The molecule has 3 aliphatic carbocycles. The maximum Gasteiger partial charge on any atom is 0.408 e. The zero-order valence-electron chi connectivity index (χ0n) is 32.3. The summed E-state index contributed by atoms with van der Waals surface area (Å²) in [5.41, 5.74) is -3.91. The van der Waals surface area contributed by atoms with Gasteiger partial charge in [0.25, 0.3) is 5.91 Å². The Kier molecular flexibility index (Phi) is 10.7. The smallest absolute Gasteiger partial charge is 0.408 e. The van der Waals surface area contributed by atoms with E-state index in [0.717, 1.165) is 11.0 Å². The third-order valence-electron chi connectivity index (χ3n) is 11.6. The third kappa shape index (κ3) is 8.05. The van der Waals surface area contributed by atoms with Crippen LogP contribution in [0.1, 0.15) is 78.3 Å². The van der Waals surface area contributed by atoms with E-state index in [-0.39, 0.29) is 30.5 Å². The van der Waals surface area contributed by atoms with E-state index in [2.05, 4.69) is 20.6 Å². The second-order valence-corrected chi connectivity index (χ2v) is 19.3. The van der Waals surface area contributed by atoms with Crippen molar-refractivity contribution in [2.45, 2.75) is 126 Å². The van der Waals surface area contributed by atoms with E-state index in [1.165, 1.54) is 19.1 Å². The molecule has 316 valence electrons. The lowest BCUT2D eigenvalue weighted by molar-refractivity contribution is -0.143. The molecule has 5 aliphatic rings. The summed E-state index contributed by atoms with van der Waals surface area (Å²) in [7, 11) is -4.30. The number of halogens is 4. The number of alkyl halides is 4. The van der Waals surface area contributed by atoms with Gasteiger partial charge in [-0.1, -0.05) is 39.0 Å². The van der Waals surface area contributed by atoms with Crippen LogP contribution >= 0.6 is 0 Å². The summed E-state index contributed by atoms with van der Waals surface area (Å²) in [6.45, 7) is 5.63. The number of amides is 4. The minimum absolute atomic E-state index is 0.130. The van der Waals surface area contributed by atoms with Crippen molar-refractivity contribution in [3.05, 3.63) is 42.1 Å². The summed E-state index contributed by atoms with van der Waals surface area (Å²) < 4.78 is 105. The standard InChI is InChI=1S/C38H46F4N6O9S/c1-35(2,3)28-32(50)48-19-20(17-24(48)30(49)46-37(18-21(37)29(39)40)33(51)47-58(53,54)36(4)14-15-36)56-31-27(43-22-9-5-6-10-23(22)44-31)38(41,42)13-8-16-55-25-11-7-12-26(25)57-34(52)45-28/h5-6,8-10,13,20-21,24-26,28-29H,7,11-12,14-19H2,1-4H3,(H,45,52)(H,46,49)(H,47,51)/b13-8+/t20-,21?,24+,25-,26-,28-,37-/m1/s1. The maximum atomic E-state index is 16.1. The lowest BCUT2D eigenvalue weighted by atomic mass is 9.85. The number of carbonyl (C=O) groups excluding carboxylic acids is 4. The van der Waals surface area contributed by atoms with E-state index < -0.39 is 129 Å². The Hall–Kier alpha value is -4.59. The van der Waals surface area contributed by atoms with Gasteiger partial charge in [0.1, 0.15) is 29.8 Å². The van der Waals surface area contributed by atoms with Crippen molar-refractivity contribution in [3.63, 3.8) is 0 Å². The Bertz CT molecular complexity index is 2130. The molecule has 15 nitrogen and oxygen atoms in total. The lowest BCUT2D eigenvalue weighted by Gasteiger charge is -2.35. The minimum atomic E-state index is -4.30. The molecule has 0 radical (unpaired) electrons. The molecular formula is C38H46F4N6O9S. The van der Waals surface area contributed by atoms with Gasteiger partial charge in [-0.3, -0.25) is 19.1 Å². The summed E-state index contributed by atoms with van der Waals surface area (Å²) in [5.74, 6) is -9.43. The van der Waals surface area contributed by atoms with Gasteiger partial charge in [0.05, 0.1) is 41.0 Å². The van der Waals surface area contributed by atoms with Gasteiger partial charge >= 0.3 is 12.0 Å². The SMILES string of the molecule is CC(C)(C)[C@@H]1NC(=O)O[C@@H]2CCC[C@H]2OC/C=C/C(F)(F)c2nc3ccccc3nc2O[C@@H]2C[C@@H](C(=O)N[C@]3(C(=O)NS(=O)(=O)C4(C)CC4)CC3C(F)F)N(C2)C1=O. The normalized spacial score (nSPS) is 31.4. The second-order valence-electron chi connectivity index (χ2n) is 17.1. The Morgan fingerprint density at radius 1 is 1.03 bits per heavy atom. The number of aromatic nitrogens is 2. The van der Waals surface area contributed by atoms with E-state index in [9.17, 15) is 36.4 Å². The fourth-order valence-corrected chi connectivity index (χ4v) is 9.04. The van der Waals surface area contributed by atoms with E-state index >= 15 is 8.78 Å². The van der Waals surface area contributed by atoms with E-state index in [4.69, 9.17) is 14.2 Å². The number of hydrogen-bond acceptors (Lipinski definition) is 11. The number of ether oxygens (including phenoxy) is 3. The molecule has 1 unspecified atom stereocenters. The predicted molar refractivity (Wildman–Crippen MR) is 197 cm³/mol. The van der Waals surface area contributed by atoms with Crippen LogP contribution in [0.4, 0.5) is 22.4 Å². The summed E-state index contributed by atoms with van der Waals surface area (Å²) in [5, 5.41) is 4.94. The molecule has 7 atom stereocenters. The molecule has 2 bridgehead atoms. The second kappa shape index (κ2) is 14.9. The molecule has 3 heterocycles. The summed E-state index contributed by atoms with van der Waals surface area (Å²) >= 11 is 0. The zero-order chi connectivity index (χ0) is 42.0. The van der Waals surface area contributed by atoms with Crippen LogP contribution in [0, 0.1) is 11.3 Å². The van der Waals surface area contributed by atoms with Crippen LogP contribution in [0.25, 0.3) is 11.0 Å². The van der Waals surface area contributed by atoms with E-state index in [1.54, 1.807) is 32.9 Å². The zero-order valence-corrected chi connectivity index (χ0v) is 33.1. The van der Waals surface area contributed by atoms with Gasteiger partial charge in [-0.2, -0.15) is 8.78 Å². The number of nitrogens with one attached hydrogen (secondary N) is 3. The van der Waals surface area contributed by atoms with Gasteiger partial charge in [0, 0.05) is 6.42 Å². The van der Waals surface area contributed by atoms with Crippen molar-refractivity contribution < 1.29 is 59.4 Å². The van der Waals surface area contributed by atoms with Gasteiger partial charge in [-0.15, -0.1) is 0 Å². The highest BCUT2D eigenvalue weighted by atomic mass is 32.2. The number of alkyl carbamates (subject to hydrolysis) is 1. The highest BCUT2D eigenvalue weighted by Crippen LogP contribution is 2.49. The molecule has 1 saturated heterocycles. The molecule has 3 N–H and O–H groups in total. The molecule has 4 fully saturated rings. The summed E-state index contributed by atoms with van der Waals surface area (Å²) in [6.07, 6.45) is -4.10.